The Morgan fingerprint density at radius 2 is 2.05 bits per heavy atom. The molecule has 3 nitrogen and oxygen atoms in total. The van der Waals surface area contributed by atoms with Crippen LogP contribution in [-0.4, -0.2) is 31.1 Å². The number of rotatable bonds is 6. The molecule has 1 unspecified atom stereocenters. The second-order valence-electron chi connectivity index (χ2n) is 5.03. The highest BCUT2D eigenvalue weighted by molar-refractivity contribution is 5.53. The van der Waals surface area contributed by atoms with Crippen LogP contribution in [0.4, 0.5) is 18.9 Å². The molecule has 0 radical (unpaired) electrons. The van der Waals surface area contributed by atoms with Crippen molar-refractivity contribution in [1.82, 2.24) is 4.90 Å². The topological polar surface area (TPSA) is 39.1 Å². The number of hydrogen-bond donors (Lipinski definition) is 1. The van der Waals surface area contributed by atoms with Crippen molar-refractivity contribution in [2.45, 2.75) is 32.5 Å². The number of alkyl halides is 3. The summed E-state index contributed by atoms with van der Waals surface area (Å²) in [6.45, 7) is 5.47. The highest BCUT2D eigenvalue weighted by Crippen LogP contribution is 2.33. The van der Waals surface area contributed by atoms with Gasteiger partial charge in [-0.25, -0.2) is 0 Å². The Kier molecular flexibility index (Phi) is 6.03. The maximum Gasteiger partial charge on any atom is 0.417 e. The molecule has 0 amide bonds. The van der Waals surface area contributed by atoms with Crippen LogP contribution in [0.1, 0.15) is 31.4 Å². The first-order valence-electron chi connectivity index (χ1n) is 6.85. The Bertz CT molecular complexity index is 506. The van der Waals surface area contributed by atoms with Gasteiger partial charge in [0.25, 0.3) is 0 Å². The molecule has 1 aromatic rings. The summed E-state index contributed by atoms with van der Waals surface area (Å²) < 4.78 is 38.5. The summed E-state index contributed by atoms with van der Waals surface area (Å²) in [5.74, 6) is 0. The zero-order valence-electron chi connectivity index (χ0n) is 12.5. The minimum atomic E-state index is -4.52. The highest BCUT2D eigenvalue weighted by Gasteiger charge is 2.33. The highest BCUT2D eigenvalue weighted by atomic mass is 19.4. The van der Waals surface area contributed by atoms with Gasteiger partial charge in [-0.05, 0) is 38.6 Å². The van der Waals surface area contributed by atoms with E-state index in [1.54, 1.807) is 6.07 Å². The quantitative estimate of drug-likeness (QED) is 0.870. The van der Waals surface area contributed by atoms with E-state index in [0.717, 1.165) is 19.0 Å². The van der Waals surface area contributed by atoms with Gasteiger partial charge in [-0.2, -0.15) is 18.4 Å². The lowest BCUT2D eigenvalue weighted by Gasteiger charge is -2.23. The van der Waals surface area contributed by atoms with Gasteiger partial charge < -0.3 is 10.2 Å². The molecule has 0 saturated heterocycles. The number of halogens is 3. The van der Waals surface area contributed by atoms with Gasteiger partial charge in [0, 0.05) is 24.8 Å². The van der Waals surface area contributed by atoms with Crippen molar-refractivity contribution < 1.29 is 13.2 Å². The standard InChI is InChI=1S/C15H20F3N3/c1-4-11(2)21(3)8-7-20-13-6-5-12(10-19)14(9-13)15(16,17)18/h5-6,9,11,20H,4,7-8H2,1-3H3. The maximum atomic E-state index is 12.8. The van der Waals surface area contributed by atoms with Crippen LogP contribution in [0.15, 0.2) is 18.2 Å². The first-order valence-corrected chi connectivity index (χ1v) is 6.85. The molecular weight excluding hydrogens is 279 g/mol. The van der Waals surface area contributed by atoms with Crippen LogP contribution >= 0.6 is 0 Å². The van der Waals surface area contributed by atoms with E-state index in [1.165, 1.54) is 12.1 Å². The molecule has 0 aliphatic heterocycles. The predicted octanol–water partition coefficient (Wildman–Crippen LogP) is 3.72. The third kappa shape index (κ3) is 4.94. The van der Waals surface area contributed by atoms with Crippen LogP contribution in [0.2, 0.25) is 0 Å². The summed E-state index contributed by atoms with van der Waals surface area (Å²) >= 11 is 0. The van der Waals surface area contributed by atoms with Crippen molar-refractivity contribution in [3.63, 3.8) is 0 Å². The van der Waals surface area contributed by atoms with Crippen molar-refractivity contribution in [3.05, 3.63) is 29.3 Å². The van der Waals surface area contributed by atoms with Gasteiger partial charge in [0.15, 0.2) is 0 Å². The van der Waals surface area contributed by atoms with Crippen molar-refractivity contribution in [1.29, 1.82) is 5.26 Å². The number of nitrogens with zero attached hydrogens (tertiary/aromatic N) is 2. The Morgan fingerprint density at radius 3 is 2.57 bits per heavy atom. The fourth-order valence-electron chi connectivity index (χ4n) is 1.89. The largest absolute Gasteiger partial charge is 0.417 e. The van der Waals surface area contributed by atoms with Gasteiger partial charge >= 0.3 is 6.18 Å². The molecule has 0 aliphatic rings. The number of nitrogens with one attached hydrogen (secondary N) is 1. The average Bonchev–Trinajstić information content (AvgIpc) is 2.45. The van der Waals surface area contributed by atoms with Gasteiger partial charge in [0.2, 0.25) is 0 Å². The van der Waals surface area contributed by atoms with Crippen LogP contribution in [0.25, 0.3) is 0 Å². The third-order valence-corrected chi connectivity index (χ3v) is 3.58. The Balaban J connectivity index is 2.72. The molecule has 0 bridgehead atoms. The lowest BCUT2D eigenvalue weighted by Crippen LogP contribution is -2.32. The molecule has 6 heteroatoms. The molecule has 0 heterocycles. The zero-order chi connectivity index (χ0) is 16.0. The second kappa shape index (κ2) is 7.32. The average molecular weight is 299 g/mol. The summed E-state index contributed by atoms with van der Waals surface area (Å²) in [5.41, 5.74) is -0.881. The van der Waals surface area contributed by atoms with Crippen molar-refractivity contribution >= 4 is 5.69 Å². The lowest BCUT2D eigenvalue weighted by molar-refractivity contribution is -0.137. The van der Waals surface area contributed by atoms with Crippen molar-refractivity contribution in [2.75, 3.05) is 25.5 Å². The number of hydrogen-bond acceptors (Lipinski definition) is 3. The number of likely N-dealkylation sites (N-methyl/N-ethyl adjacent to an activating group) is 1. The third-order valence-electron chi connectivity index (χ3n) is 3.58. The molecule has 0 fully saturated rings. The van der Waals surface area contributed by atoms with E-state index < -0.39 is 11.7 Å². The fourth-order valence-corrected chi connectivity index (χ4v) is 1.89. The van der Waals surface area contributed by atoms with E-state index in [9.17, 15) is 13.2 Å². The minimum Gasteiger partial charge on any atom is -0.384 e. The molecule has 116 valence electrons. The van der Waals surface area contributed by atoms with Crippen LogP contribution in [0, 0.1) is 11.3 Å². The van der Waals surface area contributed by atoms with Gasteiger partial charge in [-0.15, -0.1) is 0 Å². The molecule has 0 saturated carbocycles. The van der Waals surface area contributed by atoms with Crippen molar-refractivity contribution in [3.8, 4) is 6.07 Å². The second-order valence-corrected chi connectivity index (χ2v) is 5.03. The van der Waals surface area contributed by atoms with Gasteiger partial charge in [0.05, 0.1) is 17.2 Å². The molecule has 1 N–H and O–H groups in total. The summed E-state index contributed by atoms with van der Waals surface area (Å²) in [4.78, 5) is 2.14. The molecule has 1 rings (SSSR count). The Morgan fingerprint density at radius 1 is 1.38 bits per heavy atom. The molecule has 0 aromatic heterocycles. The first kappa shape index (κ1) is 17.3. The van der Waals surface area contributed by atoms with Gasteiger partial charge in [-0.3, -0.25) is 0 Å². The minimum absolute atomic E-state index is 0.357. The summed E-state index contributed by atoms with van der Waals surface area (Å²) in [7, 11) is 1.98. The van der Waals surface area contributed by atoms with E-state index in [4.69, 9.17) is 5.26 Å². The van der Waals surface area contributed by atoms with E-state index in [2.05, 4.69) is 24.1 Å². The molecule has 1 aromatic carbocycles. The molecule has 1 atom stereocenters. The normalized spacial score (nSPS) is 13.0. The SMILES string of the molecule is CCC(C)N(C)CCNc1ccc(C#N)c(C(F)(F)F)c1. The maximum absolute atomic E-state index is 12.8. The van der Waals surface area contributed by atoms with E-state index in [1.807, 2.05) is 7.05 Å². The van der Waals surface area contributed by atoms with E-state index >= 15 is 0 Å². The number of benzene rings is 1. The number of nitriles is 1. The summed E-state index contributed by atoms with van der Waals surface area (Å²) in [6.07, 6.45) is -3.50. The Labute approximate surface area is 123 Å². The molecule has 0 aliphatic carbocycles. The Hall–Kier alpha value is -1.74. The van der Waals surface area contributed by atoms with Gasteiger partial charge in [0.1, 0.15) is 0 Å². The van der Waals surface area contributed by atoms with Crippen LogP contribution < -0.4 is 5.32 Å². The van der Waals surface area contributed by atoms with Crippen LogP contribution in [0.5, 0.6) is 0 Å². The monoisotopic (exact) mass is 299 g/mol. The summed E-state index contributed by atoms with van der Waals surface area (Å²) in [6, 6.07) is 5.68. The van der Waals surface area contributed by atoms with Crippen LogP contribution in [-0.2, 0) is 6.18 Å². The molecule has 21 heavy (non-hydrogen) atoms. The number of anilines is 1. The molecular formula is C15H20F3N3. The predicted molar refractivity (Wildman–Crippen MR) is 77.0 cm³/mol. The van der Waals surface area contributed by atoms with Gasteiger partial charge in [-0.1, -0.05) is 6.92 Å². The lowest BCUT2D eigenvalue weighted by atomic mass is 10.1. The van der Waals surface area contributed by atoms with Crippen LogP contribution in [0.3, 0.4) is 0 Å². The smallest absolute Gasteiger partial charge is 0.384 e. The molecule has 0 spiro atoms. The zero-order valence-corrected chi connectivity index (χ0v) is 12.5. The first-order chi connectivity index (χ1) is 9.79. The van der Waals surface area contributed by atoms with E-state index in [0.29, 0.717) is 18.3 Å². The fraction of sp³-hybridized carbons (Fsp3) is 0.533. The van der Waals surface area contributed by atoms with Crippen molar-refractivity contribution in [2.24, 2.45) is 0 Å². The summed E-state index contributed by atoms with van der Waals surface area (Å²) in [5, 5.41) is 11.7. The van der Waals surface area contributed by atoms with E-state index in [-0.39, 0.29) is 5.56 Å².